The first kappa shape index (κ1) is 12.2. The number of halogens is 1. The van der Waals surface area contributed by atoms with Crippen LogP contribution in [0.2, 0.25) is 0 Å². The summed E-state index contributed by atoms with van der Waals surface area (Å²) in [5.74, 6) is 0.226. The summed E-state index contributed by atoms with van der Waals surface area (Å²) in [5.41, 5.74) is 6.99. The van der Waals surface area contributed by atoms with Gasteiger partial charge in [0.25, 0.3) is 0 Å². The molecule has 0 heterocycles. The molecule has 0 amide bonds. The minimum Gasteiger partial charge on any atom is -0.399 e. The van der Waals surface area contributed by atoms with Crippen molar-refractivity contribution in [1.82, 2.24) is 0 Å². The lowest BCUT2D eigenvalue weighted by Gasteiger charge is -2.10. The Morgan fingerprint density at radius 1 is 1.53 bits per heavy atom. The lowest BCUT2D eigenvalue weighted by atomic mass is 9.95. The van der Waals surface area contributed by atoms with Crippen molar-refractivity contribution in [2.24, 2.45) is 5.92 Å². The van der Waals surface area contributed by atoms with E-state index in [4.69, 9.17) is 5.73 Å². The molecule has 1 aromatic rings. The number of Topliss-reactive ketones (excluding diaryl/α,β-unsaturated/α-hetero) is 1. The van der Waals surface area contributed by atoms with E-state index < -0.39 is 0 Å². The first-order chi connectivity index (χ1) is 7.06. The van der Waals surface area contributed by atoms with Crippen LogP contribution in [0.5, 0.6) is 0 Å². The summed E-state index contributed by atoms with van der Waals surface area (Å²) in [6.45, 7) is 4.04. The summed E-state index contributed by atoms with van der Waals surface area (Å²) in [7, 11) is 0. The van der Waals surface area contributed by atoms with E-state index in [-0.39, 0.29) is 11.7 Å². The molecule has 82 valence electrons. The van der Waals surface area contributed by atoms with E-state index in [9.17, 15) is 4.79 Å². The van der Waals surface area contributed by atoms with Crippen LogP contribution in [0.1, 0.15) is 37.0 Å². The SMILES string of the molecule is CCCC(C)C(=O)c1cc(N)ccc1Br. The van der Waals surface area contributed by atoms with Gasteiger partial charge in [-0.05, 0) is 24.6 Å². The fourth-order valence-corrected chi connectivity index (χ4v) is 2.00. The van der Waals surface area contributed by atoms with Gasteiger partial charge in [0, 0.05) is 21.6 Å². The maximum Gasteiger partial charge on any atom is 0.166 e. The third-order valence-electron chi connectivity index (χ3n) is 2.43. The summed E-state index contributed by atoms with van der Waals surface area (Å²) in [4.78, 5) is 12.0. The van der Waals surface area contributed by atoms with Crippen LogP contribution in [0.15, 0.2) is 22.7 Å². The third-order valence-corrected chi connectivity index (χ3v) is 3.12. The fraction of sp³-hybridized carbons (Fsp3) is 0.417. The average Bonchev–Trinajstić information content (AvgIpc) is 2.21. The van der Waals surface area contributed by atoms with Crippen LogP contribution in [-0.4, -0.2) is 5.78 Å². The van der Waals surface area contributed by atoms with E-state index in [2.05, 4.69) is 22.9 Å². The molecule has 2 N–H and O–H groups in total. The zero-order valence-electron chi connectivity index (χ0n) is 9.09. The first-order valence-electron chi connectivity index (χ1n) is 5.15. The lowest BCUT2D eigenvalue weighted by molar-refractivity contribution is 0.0923. The van der Waals surface area contributed by atoms with E-state index in [1.165, 1.54) is 0 Å². The van der Waals surface area contributed by atoms with Gasteiger partial charge in [-0.1, -0.05) is 36.2 Å². The topological polar surface area (TPSA) is 43.1 Å². The molecule has 1 unspecified atom stereocenters. The lowest BCUT2D eigenvalue weighted by Crippen LogP contribution is -2.12. The minimum absolute atomic E-state index is 0.0631. The van der Waals surface area contributed by atoms with Crippen molar-refractivity contribution in [3.63, 3.8) is 0 Å². The maximum atomic E-state index is 12.0. The quantitative estimate of drug-likeness (QED) is 0.670. The number of ketones is 1. The molecule has 0 radical (unpaired) electrons. The molecule has 1 aromatic carbocycles. The van der Waals surface area contributed by atoms with Gasteiger partial charge in [-0.25, -0.2) is 0 Å². The Labute approximate surface area is 99.0 Å². The monoisotopic (exact) mass is 269 g/mol. The van der Waals surface area contributed by atoms with Gasteiger partial charge in [0.05, 0.1) is 0 Å². The Hall–Kier alpha value is -0.830. The van der Waals surface area contributed by atoms with Gasteiger partial charge in [0.2, 0.25) is 0 Å². The van der Waals surface area contributed by atoms with Crippen molar-refractivity contribution in [1.29, 1.82) is 0 Å². The zero-order chi connectivity index (χ0) is 11.4. The molecule has 0 fully saturated rings. The standard InChI is InChI=1S/C12H16BrNO/c1-3-4-8(2)12(15)10-7-9(14)5-6-11(10)13/h5-8H,3-4,14H2,1-2H3. The van der Waals surface area contributed by atoms with Crippen LogP contribution in [0.3, 0.4) is 0 Å². The Morgan fingerprint density at radius 3 is 2.80 bits per heavy atom. The van der Waals surface area contributed by atoms with Crippen molar-refractivity contribution in [2.45, 2.75) is 26.7 Å². The molecule has 3 heteroatoms. The molecule has 0 spiro atoms. The molecular weight excluding hydrogens is 254 g/mol. The smallest absolute Gasteiger partial charge is 0.166 e. The van der Waals surface area contributed by atoms with Gasteiger partial charge < -0.3 is 5.73 Å². The molecule has 0 aliphatic carbocycles. The molecule has 1 atom stereocenters. The van der Waals surface area contributed by atoms with E-state index in [1.807, 2.05) is 13.0 Å². The Morgan fingerprint density at radius 2 is 2.20 bits per heavy atom. The van der Waals surface area contributed by atoms with Crippen molar-refractivity contribution in [3.8, 4) is 0 Å². The number of rotatable bonds is 4. The predicted molar refractivity (Wildman–Crippen MR) is 67.0 cm³/mol. The second-order valence-electron chi connectivity index (χ2n) is 3.79. The highest BCUT2D eigenvalue weighted by atomic mass is 79.9. The molecule has 0 saturated heterocycles. The van der Waals surface area contributed by atoms with Crippen LogP contribution in [-0.2, 0) is 0 Å². The summed E-state index contributed by atoms with van der Waals surface area (Å²) in [6.07, 6.45) is 1.94. The van der Waals surface area contributed by atoms with Gasteiger partial charge in [-0.15, -0.1) is 0 Å². The van der Waals surface area contributed by atoms with Crippen LogP contribution in [0.25, 0.3) is 0 Å². The van der Waals surface area contributed by atoms with Crippen molar-refractivity contribution in [2.75, 3.05) is 5.73 Å². The van der Waals surface area contributed by atoms with Crippen LogP contribution < -0.4 is 5.73 Å². The number of carbonyl (C=O) groups is 1. The number of carbonyl (C=O) groups excluding carboxylic acids is 1. The van der Waals surface area contributed by atoms with Crippen molar-refractivity contribution in [3.05, 3.63) is 28.2 Å². The average molecular weight is 270 g/mol. The molecular formula is C12H16BrNO. The van der Waals surface area contributed by atoms with Crippen molar-refractivity contribution >= 4 is 27.4 Å². The van der Waals surface area contributed by atoms with Gasteiger partial charge >= 0.3 is 0 Å². The second-order valence-corrected chi connectivity index (χ2v) is 4.65. The van der Waals surface area contributed by atoms with Gasteiger partial charge in [0.15, 0.2) is 5.78 Å². The van der Waals surface area contributed by atoms with Crippen LogP contribution in [0.4, 0.5) is 5.69 Å². The number of benzene rings is 1. The second kappa shape index (κ2) is 5.31. The molecule has 2 nitrogen and oxygen atoms in total. The molecule has 0 aliphatic heterocycles. The minimum atomic E-state index is 0.0631. The number of hydrogen-bond acceptors (Lipinski definition) is 2. The third kappa shape index (κ3) is 3.06. The normalized spacial score (nSPS) is 12.5. The molecule has 1 rings (SSSR count). The van der Waals surface area contributed by atoms with E-state index in [0.717, 1.165) is 17.3 Å². The largest absolute Gasteiger partial charge is 0.399 e. The summed E-state index contributed by atoms with van der Waals surface area (Å²) in [5, 5.41) is 0. The predicted octanol–water partition coefficient (Wildman–Crippen LogP) is 3.65. The molecule has 0 bridgehead atoms. The maximum absolute atomic E-state index is 12.0. The number of nitrogens with two attached hydrogens (primary N) is 1. The molecule has 0 saturated carbocycles. The number of hydrogen-bond donors (Lipinski definition) is 1. The van der Waals surface area contributed by atoms with Crippen molar-refractivity contribution < 1.29 is 4.79 Å². The van der Waals surface area contributed by atoms with Crippen LogP contribution in [0, 0.1) is 5.92 Å². The van der Waals surface area contributed by atoms with Gasteiger partial charge in [-0.2, -0.15) is 0 Å². The summed E-state index contributed by atoms with van der Waals surface area (Å²) >= 11 is 3.37. The molecule has 0 aromatic heterocycles. The fourth-order valence-electron chi connectivity index (χ4n) is 1.56. The highest BCUT2D eigenvalue weighted by Crippen LogP contribution is 2.23. The first-order valence-corrected chi connectivity index (χ1v) is 5.94. The Kier molecular flexibility index (Phi) is 4.33. The van der Waals surface area contributed by atoms with E-state index >= 15 is 0 Å². The zero-order valence-corrected chi connectivity index (χ0v) is 10.7. The number of nitrogen functional groups attached to an aromatic ring is 1. The highest BCUT2D eigenvalue weighted by molar-refractivity contribution is 9.10. The highest BCUT2D eigenvalue weighted by Gasteiger charge is 2.16. The van der Waals surface area contributed by atoms with E-state index in [0.29, 0.717) is 11.3 Å². The summed E-state index contributed by atoms with van der Waals surface area (Å²) in [6, 6.07) is 5.34. The van der Waals surface area contributed by atoms with E-state index in [1.54, 1.807) is 12.1 Å². The Balaban J connectivity index is 2.95. The summed E-state index contributed by atoms with van der Waals surface area (Å²) < 4.78 is 0.824. The van der Waals surface area contributed by atoms with Gasteiger partial charge in [0.1, 0.15) is 0 Å². The number of anilines is 1. The Bertz CT molecular complexity index is 363. The van der Waals surface area contributed by atoms with Gasteiger partial charge in [-0.3, -0.25) is 4.79 Å². The van der Waals surface area contributed by atoms with Crippen LogP contribution >= 0.6 is 15.9 Å². The molecule has 15 heavy (non-hydrogen) atoms. The molecule has 0 aliphatic rings.